The van der Waals surface area contributed by atoms with Gasteiger partial charge >= 0.3 is 6.18 Å². The van der Waals surface area contributed by atoms with E-state index in [1.54, 1.807) is 12.1 Å². The van der Waals surface area contributed by atoms with Crippen molar-refractivity contribution in [3.05, 3.63) is 65.2 Å². The molecule has 0 radical (unpaired) electrons. The van der Waals surface area contributed by atoms with Crippen LogP contribution < -0.4 is 5.32 Å². The van der Waals surface area contributed by atoms with Crippen molar-refractivity contribution in [1.82, 2.24) is 10.2 Å². The SMILES string of the molecule is O=C(NC(Cc1ccc(O)cc1)C(=O)N1CCC2OCC(=O)C21)c1ccc(C(F)(F)F)cc1. The Hall–Kier alpha value is -3.40. The number of phenolic OH excluding ortho intramolecular Hbond substituents is 1. The predicted molar refractivity (Wildman–Crippen MR) is 109 cm³/mol. The Labute approximate surface area is 187 Å². The van der Waals surface area contributed by atoms with Crippen LogP contribution in [0.3, 0.4) is 0 Å². The first-order chi connectivity index (χ1) is 15.6. The molecule has 2 aliphatic rings. The summed E-state index contributed by atoms with van der Waals surface area (Å²) in [6.45, 7) is 0.224. The van der Waals surface area contributed by atoms with Gasteiger partial charge in [0.2, 0.25) is 5.91 Å². The molecule has 0 spiro atoms. The zero-order chi connectivity index (χ0) is 23.8. The first kappa shape index (κ1) is 22.8. The molecule has 0 bridgehead atoms. The second-order valence-electron chi connectivity index (χ2n) is 8.05. The summed E-state index contributed by atoms with van der Waals surface area (Å²) < 4.78 is 43.9. The molecule has 3 unspecified atom stereocenters. The van der Waals surface area contributed by atoms with E-state index in [2.05, 4.69) is 5.32 Å². The number of carbonyl (C=O) groups is 3. The number of rotatable bonds is 5. The highest BCUT2D eigenvalue weighted by Gasteiger charge is 2.48. The third-order valence-corrected chi connectivity index (χ3v) is 5.85. The number of fused-ring (bicyclic) bond motifs is 1. The smallest absolute Gasteiger partial charge is 0.416 e. The number of ether oxygens (including phenoxy) is 1. The van der Waals surface area contributed by atoms with Crippen molar-refractivity contribution >= 4 is 17.6 Å². The standard InChI is InChI=1S/C23H21F3N2O5/c24-23(25,26)15-5-3-14(4-6-15)21(31)27-17(11-13-1-7-16(29)8-2-13)22(32)28-10-9-19-20(28)18(30)12-33-19/h1-8,17,19-20,29H,9-12H2,(H,27,31). The Morgan fingerprint density at radius 2 is 1.79 bits per heavy atom. The number of hydrogen-bond donors (Lipinski definition) is 2. The third kappa shape index (κ3) is 4.85. The van der Waals surface area contributed by atoms with Gasteiger partial charge in [0.15, 0.2) is 5.78 Å². The Kier molecular flexibility index (Phi) is 6.11. The lowest BCUT2D eigenvalue weighted by Crippen LogP contribution is -2.53. The van der Waals surface area contributed by atoms with E-state index in [9.17, 15) is 32.7 Å². The number of nitrogens with one attached hydrogen (secondary N) is 1. The number of alkyl halides is 3. The largest absolute Gasteiger partial charge is 0.508 e. The molecule has 2 fully saturated rings. The highest BCUT2D eigenvalue weighted by atomic mass is 19.4. The number of carbonyl (C=O) groups excluding carboxylic acids is 3. The average Bonchev–Trinajstić information content (AvgIpc) is 3.37. The molecule has 0 aliphatic carbocycles. The normalized spacial score (nSPS) is 21.1. The molecular formula is C23H21F3N2O5. The molecular weight excluding hydrogens is 441 g/mol. The summed E-state index contributed by atoms with van der Waals surface area (Å²) in [5.41, 5.74) is -0.284. The van der Waals surface area contributed by atoms with Gasteiger partial charge in [0.1, 0.15) is 24.4 Å². The molecule has 2 aromatic carbocycles. The summed E-state index contributed by atoms with van der Waals surface area (Å²) in [5, 5.41) is 12.1. The van der Waals surface area contributed by atoms with E-state index >= 15 is 0 Å². The number of likely N-dealkylation sites (tertiary alicyclic amines) is 1. The quantitative estimate of drug-likeness (QED) is 0.711. The fraction of sp³-hybridized carbons (Fsp3) is 0.348. The van der Waals surface area contributed by atoms with Crippen molar-refractivity contribution in [2.75, 3.05) is 13.2 Å². The summed E-state index contributed by atoms with van der Waals surface area (Å²) in [6.07, 6.45) is -4.34. The number of amides is 2. The third-order valence-electron chi connectivity index (χ3n) is 5.85. The minimum Gasteiger partial charge on any atom is -0.508 e. The van der Waals surface area contributed by atoms with Crippen LogP contribution in [0.25, 0.3) is 0 Å². The lowest BCUT2D eigenvalue weighted by Gasteiger charge is -2.27. The molecule has 2 saturated heterocycles. The Balaban J connectivity index is 1.56. The summed E-state index contributed by atoms with van der Waals surface area (Å²) >= 11 is 0. The van der Waals surface area contributed by atoms with Gasteiger partial charge in [0.05, 0.1) is 11.7 Å². The predicted octanol–water partition coefficient (Wildman–Crippen LogP) is 2.32. The van der Waals surface area contributed by atoms with Crippen LogP contribution in [0.5, 0.6) is 5.75 Å². The summed E-state index contributed by atoms with van der Waals surface area (Å²) in [6, 6.07) is 7.97. The van der Waals surface area contributed by atoms with Gasteiger partial charge in [-0.15, -0.1) is 0 Å². The second kappa shape index (κ2) is 8.86. The molecule has 2 aliphatic heterocycles. The van der Waals surface area contributed by atoms with Crippen molar-refractivity contribution in [3.63, 3.8) is 0 Å². The van der Waals surface area contributed by atoms with Crippen LogP contribution >= 0.6 is 0 Å². The monoisotopic (exact) mass is 462 g/mol. The molecule has 0 saturated carbocycles. The van der Waals surface area contributed by atoms with Crippen LogP contribution in [0, 0.1) is 0 Å². The topological polar surface area (TPSA) is 95.9 Å². The number of aromatic hydroxyl groups is 1. The first-order valence-corrected chi connectivity index (χ1v) is 10.3. The average molecular weight is 462 g/mol. The maximum Gasteiger partial charge on any atom is 0.416 e. The molecule has 33 heavy (non-hydrogen) atoms. The molecule has 0 aromatic heterocycles. The molecule has 2 N–H and O–H groups in total. The summed E-state index contributed by atoms with van der Waals surface area (Å²) in [4.78, 5) is 39.8. The number of benzene rings is 2. The van der Waals surface area contributed by atoms with Crippen LogP contribution in [-0.2, 0) is 26.9 Å². The van der Waals surface area contributed by atoms with Gasteiger partial charge < -0.3 is 20.1 Å². The van der Waals surface area contributed by atoms with Crippen molar-refractivity contribution in [1.29, 1.82) is 0 Å². The molecule has 174 valence electrons. The van der Waals surface area contributed by atoms with Crippen LogP contribution in [0.4, 0.5) is 13.2 Å². The van der Waals surface area contributed by atoms with E-state index in [-0.39, 0.29) is 36.2 Å². The van der Waals surface area contributed by atoms with E-state index < -0.39 is 35.6 Å². The zero-order valence-corrected chi connectivity index (χ0v) is 17.3. The van der Waals surface area contributed by atoms with Gasteiger partial charge in [-0.3, -0.25) is 14.4 Å². The van der Waals surface area contributed by atoms with Crippen molar-refractivity contribution in [3.8, 4) is 5.75 Å². The van der Waals surface area contributed by atoms with E-state index in [1.165, 1.54) is 17.0 Å². The van der Waals surface area contributed by atoms with Gasteiger partial charge in [0, 0.05) is 18.5 Å². The maximum absolute atomic E-state index is 13.4. The first-order valence-electron chi connectivity index (χ1n) is 10.3. The highest BCUT2D eigenvalue weighted by Crippen LogP contribution is 2.30. The maximum atomic E-state index is 13.4. The minimum absolute atomic E-state index is 0.0338. The fourth-order valence-electron chi connectivity index (χ4n) is 4.16. The second-order valence-corrected chi connectivity index (χ2v) is 8.05. The van der Waals surface area contributed by atoms with Crippen molar-refractivity contribution in [2.45, 2.75) is 37.2 Å². The Bertz CT molecular complexity index is 1050. The van der Waals surface area contributed by atoms with E-state index in [0.29, 0.717) is 18.5 Å². The summed E-state index contributed by atoms with van der Waals surface area (Å²) in [5.74, 6) is -1.37. The number of Topliss-reactive ketones (excluding diaryl/α,β-unsaturated/α-hetero) is 1. The lowest BCUT2D eigenvalue weighted by molar-refractivity contribution is -0.138. The molecule has 2 aromatic rings. The zero-order valence-electron chi connectivity index (χ0n) is 17.3. The molecule has 3 atom stereocenters. The van der Waals surface area contributed by atoms with Gasteiger partial charge in [-0.2, -0.15) is 13.2 Å². The molecule has 7 nitrogen and oxygen atoms in total. The van der Waals surface area contributed by atoms with Crippen LogP contribution in [0.15, 0.2) is 48.5 Å². The van der Waals surface area contributed by atoms with Gasteiger partial charge in [-0.25, -0.2) is 0 Å². The number of phenols is 1. The Morgan fingerprint density at radius 1 is 1.12 bits per heavy atom. The van der Waals surface area contributed by atoms with Crippen LogP contribution in [0.2, 0.25) is 0 Å². The number of nitrogens with zero attached hydrogens (tertiary/aromatic N) is 1. The lowest BCUT2D eigenvalue weighted by atomic mass is 10.0. The highest BCUT2D eigenvalue weighted by molar-refractivity contribution is 5.99. The Morgan fingerprint density at radius 3 is 2.42 bits per heavy atom. The van der Waals surface area contributed by atoms with E-state index in [1.807, 2.05) is 0 Å². The van der Waals surface area contributed by atoms with Crippen molar-refractivity contribution < 1.29 is 37.4 Å². The fourth-order valence-corrected chi connectivity index (χ4v) is 4.16. The molecule has 4 rings (SSSR count). The molecule has 2 amide bonds. The summed E-state index contributed by atoms with van der Waals surface area (Å²) in [7, 11) is 0. The number of hydrogen-bond acceptors (Lipinski definition) is 5. The van der Waals surface area contributed by atoms with Gasteiger partial charge in [0.25, 0.3) is 5.91 Å². The molecule has 10 heteroatoms. The van der Waals surface area contributed by atoms with Crippen molar-refractivity contribution in [2.24, 2.45) is 0 Å². The van der Waals surface area contributed by atoms with E-state index in [0.717, 1.165) is 24.3 Å². The van der Waals surface area contributed by atoms with Crippen LogP contribution in [0.1, 0.15) is 27.9 Å². The minimum atomic E-state index is -4.53. The van der Waals surface area contributed by atoms with E-state index in [4.69, 9.17) is 4.74 Å². The van der Waals surface area contributed by atoms with Gasteiger partial charge in [-0.05, 0) is 48.4 Å². The molecule has 2 heterocycles. The number of halogens is 3. The van der Waals surface area contributed by atoms with Gasteiger partial charge in [-0.1, -0.05) is 12.1 Å². The van der Waals surface area contributed by atoms with Crippen LogP contribution in [-0.4, -0.2) is 58.9 Å². The number of ketones is 1.